The maximum atomic E-state index is 5.85. The van der Waals surface area contributed by atoms with Gasteiger partial charge in [-0.1, -0.05) is 6.42 Å². The van der Waals surface area contributed by atoms with E-state index in [9.17, 15) is 0 Å². The molecule has 1 aromatic heterocycles. The standard InChI is InChI=1S/C11H18N4/c12-8-11(5-6-11)10-14-13-9-4-2-1-3-7-15(9)10/h1-8,12H2. The van der Waals surface area contributed by atoms with Crippen LogP contribution in [0.2, 0.25) is 0 Å². The van der Waals surface area contributed by atoms with E-state index in [1.807, 2.05) is 0 Å². The summed E-state index contributed by atoms with van der Waals surface area (Å²) in [4.78, 5) is 0. The largest absolute Gasteiger partial charge is 0.329 e. The molecular weight excluding hydrogens is 188 g/mol. The number of hydrogen-bond acceptors (Lipinski definition) is 3. The Morgan fingerprint density at radius 3 is 2.80 bits per heavy atom. The van der Waals surface area contributed by atoms with Gasteiger partial charge in [-0.05, 0) is 25.7 Å². The highest BCUT2D eigenvalue weighted by Crippen LogP contribution is 2.46. The first-order chi connectivity index (χ1) is 7.36. The Hall–Kier alpha value is -0.900. The summed E-state index contributed by atoms with van der Waals surface area (Å²) in [5.41, 5.74) is 6.04. The third-order valence-corrected chi connectivity index (χ3v) is 3.83. The number of hydrogen-bond donors (Lipinski definition) is 1. The van der Waals surface area contributed by atoms with Crippen LogP contribution in [0.25, 0.3) is 0 Å². The summed E-state index contributed by atoms with van der Waals surface area (Å²) in [6.45, 7) is 1.82. The van der Waals surface area contributed by atoms with Gasteiger partial charge in [0.1, 0.15) is 11.6 Å². The highest BCUT2D eigenvalue weighted by molar-refractivity contribution is 5.20. The van der Waals surface area contributed by atoms with E-state index >= 15 is 0 Å². The van der Waals surface area contributed by atoms with Crippen molar-refractivity contribution < 1.29 is 0 Å². The molecule has 3 rings (SSSR count). The van der Waals surface area contributed by atoms with Crippen LogP contribution < -0.4 is 5.73 Å². The zero-order valence-electron chi connectivity index (χ0n) is 9.08. The SMILES string of the molecule is NCC1(c2nnc3n2CCCCC3)CC1. The first-order valence-corrected chi connectivity index (χ1v) is 5.98. The molecule has 0 aromatic carbocycles. The minimum atomic E-state index is 0.190. The van der Waals surface area contributed by atoms with Crippen molar-refractivity contribution in [3.8, 4) is 0 Å². The molecule has 1 fully saturated rings. The second-order valence-corrected chi connectivity index (χ2v) is 4.89. The van der Waals surface area contributed by atoms with E-state index in [0.717, 1.165) is 19.5 Å². The Morgan fingerprint density at radius 2 is 2.07 bits per heavy atom. The molecule has 0 amide bonds. The zero-order chi connectivity index (χ0) is 10.3. The van der Waals surface area contributed by atoms with Gasteiger partial charge >= 0.3 is 0 Å². The van der Waals surface area contributed by atoms with Crippen molar-refractivity contribution in [3.05, 3.63) is 11.6 Å². The van der Waals surface area contributed by atoms with E-state index in [1.165, 1.54) is 43.8 Å². The van der Waals surface area contributed by atoms with Crippen molar-refractivity contribution in [1.29, 1.82) is 0 Å². The molecule has 82 valence electrons. The van der Waals surface area contributed by atoms with Crippen LogP contribution in [0.5, 0.6) is 0 Å². The fourth-order valence-electron chi connectivity index (χ4n) is 2.55. The molecule has 4 heteroatoms. The van der Waals surface area contributed by atoms with Crippen molar-refractivity contribution in [2.75, 3.05) is 6.54 Å². The lowest BCUT2D eigenvalue weighted by Gasteiger charge is -2.13. The van der Waals surface area contributed by atoms with Crippen LogP contribution in [0.1, 0.15) is 43.8 Å². The quantitative estimate of drug-likeness (QED) is 0.785. The molecule has 0 saturated heterocycles. The molecule has 0 atom stereocenters. The molecular formula is C11H18N4. The van der Waals surface area contributed by atoms with Gasteiger partial charge in [0.2, 0.25) is 0 Å². The van der Waals surface area contributed by atoms with Crippen molar-refractivity contribution in [1.82, 2.24) is 14.8 Å². The van der Waals surface area contributed by atoms with E-state index in [0.29, 0.717) is 0 Å². The highest BCUT2D eigenvalue weighted by atomic mass is 15.3. The van der Waals surface area contributed by atoms with Crippen LogP contribution in [-0.4, -0.2) is 21.3 Å². The van der Waals surface area contributed by atoms with Crippen LogP contribution >= 0.6 is 0 Å². The van der Waals surface area contributed by atoms with Gasteiger partial charge in [0.25, 0.3) is 0 Å². The molecule has 2 aliphatic rings. The van der Waals surface area contributed by atoms with Gasteiger partial charge in [0.05, 0.1) is 0 Å². The molecule has 1 aliphatic heterocycles. The van der Waals surface area contributed by atoms with Crippen molar-refractivity contribution >= 4 is 0 Å². The van der Waals surface area contributed by atoms with Crippen LogP contribution in [0.3, 0.4) is 0 Å². The third-order valence-electron chi connectivity index (χ3n) is 3.83. The van der Waals surface area contributed by atoms with Crippen LogP contribution in [0.4, 0.5) is 0 Å². The summed E-state index contributed by atoms with van der Waals surface area (Å²) in [7, 11) is 0. The first-order valence-electron chi connectivity index (χ1n) is 5.98. The minimum Gasteiger partial charge on any atom is -0.329 e. The Bertz CT molecular complexity index is 365. The predicted octanol–water partition coefficient (Wildman–Crippen LogP) is 0.995. The number of nitrogens with two attached hydrogens (primary N) is 1. The second kappa shape index (κ2) is 3.30. The van der Waals surface area contributed by atoms with E-state index in [4.69, 9.17) is 5.73 Å². The van der Waals surface area contributed by atoms with Crippen LogP contribution in [-0.2, 0) is 18.4 Å². The maximum absolute atomic E-state index is 5.85. The molecule has 2 heterocycles. The summed E-state index contributed by atoms with van der Waals surface area (Å²) in [6.07, 6.45) is 7.32. The molecule has 0 unspecified atom stereocenters. The normalized spacial score (nSPS) is 23.3. The number of nitrogens with zero attached hydrogens (tertiary/aromatic N) is 3. The number of rotatable bonds is 2. The number of aromatic nitrogens is 3. The van der Waals surface area contributed by atoms with Gasteiger partial charge in [0.15, 0.2) is 0 Å². The summed E-state index contributed by atoms with van der Waals surface area (Å²) in [5.74, 6) is 2.35. The zero-order valence-corrected chi connectivity index (χ0v) is 9.08. The minimum absolute atomic E-state index is 0.190. The molecule has 1 saturated carbocycles. The lowest BCUT2D eigenvalue weighted by Crippen LogP contribution is -2.24. The van der Waals surface area contributed by atoms with E-state index in [2.05, 4.69) is 14.8 Å². The summed E-state index contributed by atoms with van der Waals surface area (Å²) >= 11 is 0. The van der Waals surface area contributed by atoms with Gasteiger partial charge in [-0.25, -0.2) is 0 Å². The third kappa shape index (κ3) is 1.39. The Kier molecular flexibility index (Phi) is 2.06. The Morgan fingerprint density at radius 1 is 1.20 bits per heavy atom. The van der Waals surface area contributed by atoms with E-state index in [-0.39, 0.29) is 5.41 Å². The number of aryl methyl sites for hydroxylation is 1. The lowest BCUT2D eigenvalue weighted by molar-refractivity contribution is 0.549. The molecule has 1 aromatic rings. The average Bonchev–Trinajstić information content (AvgIpc) is 3.01. The van der Waals surface area contributed by atoms with E-state index < -0.39 is 0 Å². The molecule has 1 aliphatic carbocycles. The average molecular weight is 206 g/mol. The van der Waals surface area contributed by atoms with Gasteiger partial charge in [0, 0.05) is 24.9 Å². The molecule has 4 nitrogen and oxygen atoms in total. The smallest absolute Gasteiger partial charge is 0.140 e. The van der Waals surface area contributed by atoms with E-state index in [1.54, 1.807) is 0 Å². The van der Waals surface area contributed by atoms with Crippen LogP contribution in [0, 0.1) is 0 Å². The Labute approximate surface area is 89.9 Å². The molecule has 0 bridgehead atoms. The molecule has 0 radical (unpaired) electrons. The molecule has 15 heavy (non-hydrogen) atoms. The monoisotopic (exact) mass is 206 g/mol. The highest BCUT2D eigenvalue weighted by Gasteiger charge is 2.47. The van der Waals surface area contributed by atoms with Gasteiger partial charge in [-0.2, -0.15) is 0 Å². The summed E-state index contributed by atoms with van der Waals surface area (Å²) in [6, 6.07) is 0. The predicted molar refractivity (Wildman–Crippen MR) is 57.5 cm³/mol. The van der Waals surface area contributed by atoms with Gasteiger partial charge < -0.3 is 10.3 Å². The molecule has 2 N–H and O–H groups in total. The lowest BCUT2D eigenvalue weighted by atomic mass is 10.1. The van der Waals surface area contributed by atoms with Gasteiger partial charge in [-0.3, -0.25) is 0 Å². The van der Waals surface area contributed by atoms with Crippen molar-refractivity contribution in [2.45, 2.75) is 50.5 Å². The second-order valence-electron chi connectivity index (χ2n) is 4.89. The Balaban J connectivity index is 1.99. The molecule has 0 spiro atoms. The van der Waals surface area contributed by atoms with Crippen LogP contribution in [0.15, 0.2) is 0 Å². The fraction of sp³-hybridized carbons (Fsp3) is 0.818. The topological polar surface area (TPSA) is 56.7 Å². The summed E-state index contributed by atoms with van der Waals surface area (Å²) in [5, 5.41) is 8.71. The van der Waals surface area contributed by atoms with Crippen molar-refractivity contribution in [3.63, 3.8) is 0 Å². The number of fused-ring (bicyclic) bond motifs is 1. The van der Waals surface area contributed by atoms with Gasteiger partial charge in [-0.15, -0.1) is 10.2 Å². The first kappa shape index (κ1) is 9.33. The van der Waals surface area contributed by atoms with Crippen molar-refractivity contribution in [2.24, 2.45) is 5.73 Å². The fourth-order valence-corrected chi connectivity index (χ4v) is 2.55. The summed E-state index contributed by atoms with van der Waals surface area (Å²) < 4.78 is 2.34. The maximum Gasteiger partial charge on any atom is 0.140 e.